The number of sulfonamides is 1. The third-order valence-corrected chi connectivity index (χ3v) is 4.69. The molecule has 0 fully saturated rings. The van der Waals surface area contributed by atoms with Crippen LogP contribution in [0.4, 0.5) is 6.01 Å². The highest BCUT2D eigenvalue weighted by molar-refractivity contribution is 7.91. The Morgan fingerprint density at radius 1 is 1.31 bits per heavy atom. The summed E-state index contributed by atoms with van der Waals surface area (Å²) in [6.07, 6.45) is 3.42. The number of aliphatic hydroxyl groups excluding tert-OH is 2. The van der Waals surface area contributed by atoms with E-state index in [0.717, 1.165) is 25.4 Å². The molecule has 160 valence electrons. The van der Waals surface area contributed by atoms with Gasteiger partial charge >= 0.3 is 6.01 Å². The van der Waals surface area contributed by atoms with Gasteiger partial charge in [0.2, 0.25) is 10.0 Å². The molecule has 0 aliphatic heterocycles. The zero-order valence-corrected chi connectivity index (χ0v) is 17.1. The number of carbonyl (C=O) groups excluding carboxylic acids is 1. The highest BCUT2D eigenvalue weighted by Gasteiger charge is 2.29. The predicted molar refractivity (Wildman–Crippen MR) is 106 cm³/mol. The second kappa shape index (κ2) is 10.3. The Kier molecular flexibility index (Phi) is 8.11. The van der Waals surface area contributed by atoms with E-state index in [1.807, 2.05) is 11.6 Å². The molecule has 1 amide bonds. The van der Waals surface area contributed by atoms with Gasteiger partial charge in [-0.1, -0.05) is 25.8 Å². The second-order valence-electron chi connectivity index (χ2n) is 6.72. The highest BCUT2D eigenvalue weighted by Crippen LogP contribution is 2.14. The normalized spacial score (nSPS) is 14.8. The number of aliphatic hydroxyl groups is 2. The first-order valence-corrected chi connectivity index (χ1v) is 11.1. The Morgan fingerprint density at radius 3 is 2.69 bits per heavy atom. The molecule has 0 spiro atoms. The topological polar surface area (TPSA) is 155 Å². The van der Waals surface area contributed by atoms with Gasteiger partial charge < -0.3 is 19.9 Å². The lowest BCUT2D eigenvalue weighted by Gasteiger charge is -2.27. The summed E-state index contributed by atoms with van der Waals surface area (Å²) in [5.41, 5.74) is 0.455. The Labute approximate surface area is 169 Å². The van der Waals surface area contributed by atoms with Gasteiger partial charge in [-0.05, 0) is 18.6 Å². The maximum absolute atomic E-state index is 12.5. The molecule has 2 aromatic heterocycles. The van der Waals surface area contributed by atoms with Gasteiger partial charge in [-0.15, -0.1) is 0 Å². The number of hydrogen-bond donors (Lipinski definition) is 4. The molecule has 0 radical (unpaired) electrons. The van der Waals surface area contributed by atoms with Crippen LogP contribution in [-0.4, -0.2) is 59.0 Å². The second-order valence-corrected chi connectivity index (χ2v) is 8.47. The first-order valence-electron chi connectivity index (χ1n) is 9.19. The van der Waals surface area contributed by atoms with Crippen molar-refractivity contribution in [1.82, 2.24) is 15.3 Å². The molecule has 11 heteroatoms. The monoisotopic (exact) mass is 426 g/mol. The summed E-state index contributed by atoms with van der Waals surface area (Å²) in [4.78, 5) is 20.5. The number of nitrogens with zero attached hydrogens (tertiary/aromatic N) is 2. The Bertz CT molecular complexity index is 887. The van der Waals surface area contributed by atoms with E-state index in [1.165, 1.54) is 0 Å². The lowest BCUT2D eigenvalue weighted by atomic mass is 9.97. The predicted octanol–water partition coefficient (Wildman–Crippen LogP) is 0.694. The van der Waals surface area contributed by atoms with Gasteiger partial charge in [0.1, 0.15) is 12.4 Å². The number of aromatic nitrogens is 2. The van der Waals surface area contributed by atoms with Crippen molar-refractivity contribution in [2.24, 2.45) is 0 Å². The zero-order chi connectivity index (χ0) is 21.4. The van der Waals surface area contributed by atoms with Gasteiger partial charge in [0.05, 0.1) is 18.4 Å². The standard InChI is InChI=1S/C18H26N4O6S/c1-3-4-8-15(23)16(24)13(10-12-7-5-6-9-19-12)20-17(25)14-11-28-18(21-14)22-29(2,26)27/h5-7,9,11,13,15-16,23-24H,3-4,8,10H2,1-2H3,(H,20,25)(H,21,22). The number of carbonyl (C=O) groups is 1. The molecule has 10 nitrogen and oxygen atoms in total. The van der Waals surface area contributed by atoms with Crippen LogP contribution in [0.15, 0.2) is 35.1 Å². The number of pyridine rings is 1. The Balaban J connectivity index is 2.14. The largest absolute Gasteiger partial charge is 0.431 e. The summed E-state index contributed by atoms with van der Waals surface area (Å²) in [6, 6.07) is 4.08. The summed E-state index contributed by atoms with van der Waals surface area (Å²) < 4.78 is 29.4. The minimum Gasteiger partial charge on any atom is -0.431 e. The molecule has 29 heavy (non-hydrogen) atoms. The van der Waals surface area contributed by atoms with Gasteiger partial charge in [0.15, 0.2) is 5.69 Å². The summed E-state index contributed by atoms with van der Waals surface area (Å²) in [6.45, 7) is 1.97. The van der Waals surface area contributed by atoms with Crippen molar-refractivity contribution in [3.05, 3.63) is 42.0 Å². The molecule has 0 bridgehead atoms. The Morgan fingerprint density at radius 2 is 2.07 bits per heavy atom. The van der Waals surface area contributed by atoms with Crippen molar-refractivity contribution in [1.29, 1.82) is 0 Å². The maximum Gasteiger partial charge on any atom is 0.309 e. The molecule has 2 aromatic rings. The minimum atomic E-state index is -3.61. The highest BCUT2D eigenvalue weighted by atomic mass is 32.2. The fraction of sp³-hybridized carbons (Fsp3) is 0.500. The fourth-order valence-corrected chi connectivity index (χ4v) is 3.09. The zero-order valence-electron chi connectivity index (χ0n) is 16.3. The van der Waals surface area contributed by atoms with E-state index in [-0.39, 0.29) is 18.1 Å². The van der Waals surface area contributed by atoms with E-state index >= 15 is 0 Å². The average Bonchev–Trinajstić information content (AvgIpc) is 3.12. The first kappa shape index (κ1) is 22.8. The fourth-order valence-electron chi connectivity index (χ4n) is 2.68. The van der Waals surface area contributed by atoms with Crippen molar-refractivity contribution in [2.75, 3.05) is 11.0 Å². The van der Waals surface area contributed by atoms with Crippen molar-refractivity contribution in [2.45, 2.75) is 50.9 Å². The summed E-state index contributed by atoms with van der Waals surface area (Å²) in [5.74, 6) is -0.682. The van der Waals surface area contributed by atoms with Crippen molar-refractivity contribution >= 4 is 21.9 Å². The van der Waals surface area contributed by atoms with E-state index in [2.05, 4.69) is 15.3 Å². The number of hydrogen-bond acceptors (Lipinski definition) is 8. The third-order valence-electron chi connectivity index (χ3n) is 4.14. The number of nitrogens with one attached hydrogen (secondary N) is 2. The molecule has 3 atom stereocenters. The van der Waals surface area contributed by atoms with Crippen LogP contribution < -0.4 is 10.0 Å². The lowest BCUT2D eigenvalue weighted by Crippen LogP contribution is -2.50. The number of oxazole rings is 1. The van der Waals surface area contributed by atoms with Crippen LogP contribution in [0.1, 0.15) is 42.4 Å². The average molecular weight is 426 g/mol. The van der Waals surface area contributed by atoms with E-state index in [9.17, 15) is 23.4 Å². The van der Waals surface area contributed by atoms with E-state index < -0.39 is 34.2 Å². The molecular weight excluding hydrogens is 400 g/mol. The smallest absolute Gasteiger partial charge is 0.309 e. The quantitative estimate of drug-likeness (QED) is 0.409. The summed E-state index contributed by atoms with van der Waals surface area (Å²) in [7, 11) is -3.61. The molecule has 0 saturated carbocycles. The van der Waals surface area contributed by atoms with Crippen molar-refractivity contribution in [3.63, 3.8) is 0 Å². The van der Waals surface area contributed by atoms with Gasteiger partial charge in [0, 0.05) is 18.3 Å². The number of amides is 1. The van der Waals surface area contributed by atoms with Gasteiger partial charge in [-0.3, -0.25) is 9.78 Å². The van der Waals surface area contributed by atoms with Crippen LogP contribution in [0.2, 0.25) is 0 Å². The van der Waals surface area contributed by atoms with Crippen LogP contribution in [0.25, 0.3) is 0 Å². The maximum atomic E-state index is 12.5. The lowest BCUT2D eigenvalue weighted by molar-refractivity contribution is -0.00834. The first-order chi connectivity index (χ1) is 13.7. The molecule has 3 unspecified atom stereocenters. The Hall–Kier alpha value is -2.50. The van der Waals surface area contributed by atoms with Crippen LogP contribution in [0.5, 0.6) is 0 Å². The molecule has 2 rings (SSSR count). The van der Waals surface area contributed by atoms with Crippen LogP contribution in [0, 0.1) is 0 Å². The van der Waals surface area contributed by atoms with Gasteiger partial charge in [-0.25, -0.2) is 13.1 Å². The molecule has 0 aromatic carbocycles. The number of unbranched alkanes of at least 4 members (excludes halogenated alkanes) is 1. The summed E-state index contributed by atoms with van der Waals surface area (Å²) >= 11 is 0. The summed E-state index contributed by atoms with van der Waals surface area (Å²) in [5, 5.41) is 23.5. The van der Waals surface area contributed by atoms with Crippen LogP contribution in [0.3, 0.4) is 0 Å². The van der Waals surface area contributed by atoms with Crippen molar-refractivity contribution in [3.8, 4) is 0 Å². The molecule has 2 heterocycles. The van der Waals surface area contributed by atoms with E-state index in [0.29, 0.717) is 12.1 Å². The van der Waals surface area contributed by atoms with Gasteiger partial charge in [-0.2, -0.15) is 4.98 Å². The third kappa shape index (κ3) is 7.44. The molecule has 4 N–H and O–H groups in total. The van der Waals surface area contributed by atoms with Crippen LogP contribution in [-0.2, 0) is 16.4 Å². The number of anilines is 1. The SMILES string of the molecule is CCCCC(O)C(O)C(Cc1ccccn1)NC(=O)c1coc(NS(C)(=O)=O)n1. The molecule has 0 saturated heterocycles. The molecule has 0 aliphatic carbocycles. The number of rotatable bonds is 11. The van der Waals surface area contributed by atoms with Crippen molar-refractivity contribution < 1.29 is 27.8 Å². The van der Waals surface area contributed by atoms with Gasteiger partial charge in [0.25, 0.3) is 5.91 Å². The van der Waals surface area contributed by atoms with E-state index in [4.69, 9.17) is 4.42 Å². The molecule has 0 aliphatic rings. The molecular formula is C18H26N4O6S. The minimum absolute atomic E-state index is 0.169. The van der Waals surface area contributed by atoms with E-state index in [1.54, 1.807) is 24.4 Å². The van der Waals surface area contributed by atoms with Crippen LogP contribution >= 0.6 is 0 Å².